The molecule has 0 aliphatic carbocycles. The van der Waals surface area contributed by atoms with E-state index in [0.717, 1.165) is 4.88 Å². The van der Waals surface area contributed by atoms with Crippen LogP contribution in [0.3, 0.4) is 0 Å². The Labute approximate surface area is 108 Å². The Hall–Kier alpha value is -2.15. The van der Waals surface area contributed by atoms with E-state index in [2.05, 4.69) is 4.98 Å². The number of hydrogen-bond donors (Lipinski definition) is 1. The van der Waals surface area contributed by atoms with Crippen LogP contribution in [0.2, 0.25) is 0 Å². The van der Waals surface area contributed by atoms with Gasteiger partial charge in [0.2, 0.25) is 5.82 Å². The molecule has 0 aliphatic rings. The number of nitrogen functional groups attached to an aromatic ring is 1. The summed E-state index contributed by atoms with van der Waals surface area (Å²) in [6.07, 6.45) is 0. The Balaban J connectivity index is 2.31. The lowest BCUT2D eigenvalue weighted by Gasteiger charge is -2.17. The molecule has 2 heterocycles. The Morgan fingerprint density at radius 3 is 2.89 bits per heavy atom. The molecule has 6 nitrogen and oxygen atoms in total. The zero-order valence-corrected chi connectivity index (χ0v) is 10.6. The molecule has 0 bridgehead atoms. The van der Waals surface area contributed by atoms with Crippen LogP contribution in [0.4, 0.5) is 17.3 Å². The van der Waals surface area contributed by atoms with Gasteiger partial charge < -0.3 is 10.6 Å². The minimum atomic E-state index is -0.452. The smallest absolute Gasteiger partial charge is 0.311 e. The molecule has 0 radical (unpaired) electrons. The van der Waals surface area contributed by atoms with Crippen LogP contribution in [-0.2, 0) is 6.54 Å². The molecule has 0 saturated heterocycles. The van der Waals surface area contributed by atoms with Crippen LogP contribution in [0.25, 0.3) is 0 Å². The van der Waals surface area contributed by atoms with Gasteiger partial charge >= 0.3 is 5.69 Å². The van der Waals surface area contributed by atoms with Crippen molar-refractivity contribution in [1.82, 2.24) is 4.98 Å². The van der Waals surface area contributed by atoms with Gasteiger partial charge in [0.1, 0.15) is 5.82 Å². The Morgan fingerprint density at radius 1 is 1.50 bits per heavy atom. The molecule has 0 unspecified atom stereocenters. The van der Waals surface area contributed by atoms with Crippen LogP contribution >= 0.6 is 11.3 Å². The fourth-order valence-electron chi connectivity index (χ4n) is 1.59. The van der Waals surface area contributed by atoms with Crippen molar-refractivity contribution in [2.45, 2.75) is 6.54 Å². The molecule has 2 aromatic heterocycles. The summed E-state index contributed by atoms with van der Waals surface area (Å²) in [5.41, 5.74) is 5.54. The van der Waals surface area contributed by atoms with Gasteiger partial charge in [-0.15, -0.1) is 11.3 Å². The van der Waals surface area contributed by atoms with E-state index >= 15 is 0 Å². The molecule has 0 amide bonds. The van der Waals surface area contributed by atoms with Crippen molar-refractivity contribution >= 4 is 28.7 Å². The van der Waals surface area contributed by atoms with Crippen LogP contribution in [0.1, 0.15) is 4.88 Å². The van der Waals surface area contributed by atoms with Crippen molar-refractivity contribution in [1.29, 1.82) is 0 Å². The van der Waals surface area contributed by atoms with Crippen molar-refractivity contribution < 1.29 is 4.92 Å². The van der Waals surface area contributed by atoms with Crippen LogP contribution in [0.5, 0.6) is 0 Å². The molecule has 2 N–H and O–H groups in total. The van der Waals surface area contributed by atoms with Crippen LogP contribution in [0.15, 0.2) is 29.6 Å². The zero-order valence-electron chi connectivity index (χ0n) is 9.74. The minimum absolute atomic E-state index is 0.0387. The fraction of sp³-hybridized carbons (Fsp3) is 0.182. The Kier molecular flexibility index (Phi) is 3.42. The average Bonchev–Trinajstić information content (AvgIpc) is 2.81. The SMILES string of the molecule is CN(Cc1cccs1)c1nc(N)ccc1[N+](=O)[O-]. The molecular formula is C11H12N4O2S. The second-order valence-corrected chi connectivity index (χ2v) is 4.80. The molecule has 0 aromatic carbocycles. The molecule has 0 fully saturated rings. The van der Waals surface area contributed by atoms with Gasteiger partial charge in [0.15, 0.2) is 0 Å². The van der Waals surface area contributed by atoms with E-state index in [9.17, 15) is 10.1 Å². The number of nitrogens with two attached hydrogens (primary N) is 1. The number of pyridine rings is 1. The predicted octanol–water partition coefficient (Wildman–Crippen LogP) is 2.27. The first-order valence-corrected chi connectivity index (χ1v) is 6.10. The van der Waals surface area contributed by atoms with E-state index in [1.807, 2.05) is 17.5 Å². The number of aromatic nitrogens is 1. The van der Waals surface area contributed by atoms with Gasteiger partial charge in [-0.05, 0) is 17.5 Å². The second kappa shape index (κ2) is 5.01. The van der Waals surface area contributed by atoms with Crippen molar-refractivity contribution in [3.63, 3.8) is 0 Å². The molecule has 18 heavy (non-hydrogen) atoms. The Morgan fingerprint density at radius 2 is 2.28 bits per heavy atom. The third kappa shape index (κ3) is 2.57. The van der Waals surface area contributed by atoms with Crippen molar-refractivity contribution in [2.24, 2.45) is 0 Å². The maximum Gasteiger partial charge on any atom is 0.311 e. The monoisotopic (exact) mass is 264 g/mol. The number of anilines is 2. The number of rotatable bonds is 4. The molecule has 0 saturated carbocycles. The molecular weight excluding hydrogens is 252 g/mol. The molecule has 94 valence electrons. The largest absolute Gasteiger partial charge is 0.384 e. The van der Waals surface area contributed by atoms with Crippen LogP contribution in [-0.4, -0.2) is 17.0 Å². The van der Waals surface area contributed by atoms with Crippen LogP contribution < -0.4 is 10.6 Å². The van der Waals surface area contributed by atoms with Crippen molar-refractivity contribution in [3.8, 4) is 0 Å². The Bertz CT molecular complexity index is 556. The molecule has 7 heteroatoms. The molecule has 2 rings (SSSR count). The summed E-state index contributed by atoms with van der Waals surface area (Å²) in [5, 5.41) is 12.9. The van der Waals surface area contributed by atoms with E-state index in [1.54, 1.807) is 23.3 Å². The highest BCUT2D eigenvalue weighted by Crippen LogP contribution is 2.27. The summed E-state index contributed by atoms with van der Waals surface area (Å²) in [6.45, 7) is 0.564. The number of nitrogens with zero attached hydrogens (tertiary/aromatic N) is 3. The van der Waals surface area contributed by atoms with Gasteiger partial charge in [0, 0.05) is 18.0 Å². The normalized spacial score (nSPS) is 10.3. The first-order valence-electron chi connectivity index (χ1n) is 5.22. The summed E-state index contributed by atoms with van der Waals surface area (Å²) in [6, 6.07) is 6.72. The highest BCUT2D eigenvalue weighted by atomic mass is 32.1. The quantitative estimate of drug-likeness (QED) is 0.676. The molecule has 0 spiro atoms. The van der Waals surface area contributed by atoms with Crippen molar-refractivity contribution in [3.05, 3.63) is 44.6 Å². The molecule has 0 aliphatic heterocycles. The maximum absolute atomic E-state index is 10.9. The van der Waals surface area contributed by atoms with Crippen molar-refractivity contribution in [2.75, 3.05) is 17.7 Å². The van der Waals surface area contributed by atoms with Gasteiger partial charge in [-0.1, -0.05) is 6.07 Å². The first kappa shape index (κ1) is 12.3. The minimum Gasteiger partial charge on any atom is -0.384 e. The summed E-state index contributed by atoms with van der Waals surface area (Å²) < 4.78 is 0. The van der Waals surface area contributed by atoms with Gasteiger partial charge in [-0.3, -0.25) is 10.1 Å². The average molecular weight is 264 g/mol. The lowest BCUT2D eigenvalue weighted by molar-refractivity contribution is -0.384. The van der Waals surface area contributed by atoms with E-state index in [4.69, 9.17) is 5.73 Å². The topological polar surface area (TPSA) is 85.3 Å². The van der Waals surface area contributed by atoms with Gasteiger partial charge in [-0.25, -0.2) is 4.98 Å². The van der Waals surface area contributed by atoms with Gasteiger partial charge in [0.25, 0.3) is 0 Å². The number of thiophene rings is 1. The van der Waals surface area contributed by atoms with Gasteiger partial charge in [0.05, 0.1) is 11.5 Å². The summed E-state index contributed by atoms with van der Waals surface area (Å²) in [4.78, 5) is 17.4. The predicted molar refractivity (Wildman–Crippen MR) is 71.7 cm³/mol. The van der Waals surface area contributed by atoms with Crippen LogP contribution in [0, 0.1) is 10.1 Å². The fourth-order valence-corrected chi connectivity index (χ4v) is 2.35. The third-order valence-electron chi connectivity index (χ3n) is 2.41. The summed E-state index contributed by atoms with van der Waals surface area (Å²) >= 11 is 1.59. The summed E-state index contributed by atoms with van der Waals surface area (Å²) in [7, 11) is 1.76. The standard InChI is InChI=1S/C11H12N4O2S/c1-14(7-8-3-2-6-18-8)11-9(15(16)17)4-5-10(12)13-11/h2-6H,7H2,1H3,(H2,12,13). The highest BCUT2D eigenvalue weighted by Gasteiger charge is 2.19. The van der Waals surface area contributed by atoms with E-state index in [-0.39, 0.29) is 17.3 Å². The maximum atomic E-state index is 10.9. The van der Waals surface area contributed by atoms with E-state index in [0.29, 0.717) is 6.54 Å². The number of hydrogen-bond acceptors (Lipinski definition) is 6. The highest BCUT2D eigenvalue weighted by molar-refractivity contribution is 7.09. The molecule has 0 atom stereocenters. The lowest BCUT2D eigenvalue weighted by atomic mass is 10.3. The second-order valence-electron chi connectivity index (χ2n) is 3.77. The third-order valence-corrected chi connectivity index (χ3v) is 3.27. The van der Waals surface area contributed by atoms with Gasteiger partial charge in [-0.2, -0.15) is 0 Å². The number of nitro groups is 1. The summed E-state index contributed by atoms with van der Waals surface area (Å²) in [5.74, 6) is 0.557. The lowest BCUT2D eigenvalue weighted by Crippen LogP contribution is -2.19. The van der Waals surface area contributed by atoms with E-state index in [1.165, 1.54) is 12.1 Å². The zero-order chi connectivity index (χ0) is 13.1. The molecule has 2 aromatic rings. The first-order chi connectivity index (χ1) is 8.58. The van der Waals surface area contributed by atoms with E-state index < -0.39 is 4.92 Å².